The van der Waals surface area contributed by atoms with Gasteiger partial charge in [0.25, 0.3) is 5.56 Å². The summed E-state index contributed by atoms with van der Waals surface area (Å²) >= 11 is 6.04. The molecule has 0 saturated carbocycles. The Hall–Kier alpha value is -1.11. The molecule has 1 aromatic heterocycles. The maximum atomic E-state index is 12.0. The zero-order chi connectivity index (χ0) is 15.0. The summed E-state index contributed by atoms with van der Waals surface area (Å²) in [5.41, 5.74) is 0.265. The zero-order valence-electron chi connectivity index (χ0n) is 11.9. The Morgan fingerprint density at radius 3 is 2.90 bits per heavy atom. The van der Waals surface area contributed by atoms with E-state index in [-0.39, 0.29) is 17.2 Å². The summed E-state index contributed by atoms with van der Waals surface area (Å²) in [5.74, 6) is 0.332. The van der Waals surface area contributed by atoms with Crippen molar-refractivity contribution in [1.82, 2.24) is 9.78 Å². The van der Waals surface area contributed by atoms with Crippen LogP contribution in [0.5, 0.6) is 0 Å². The zero-order valence-corrected chi connectivity index (χ0v) is 12.7. The number of nitrogens with one attached hydrogen (secondary N) is 1. The van der Waals surface area contributed by atoms with Crippen LogP contribution in [0.3, 0.4) is 0 Å². The molecule has 0 aliphatic heterocycles. The van der Waals surface area contributed by atoms with Gasteiger partial charge >= 0.3 is 0 Å². The summed E-state index contributed by atoms with van der Waals surface area (Å²) in [4.78, 5) is 12.0. The number of halogens is 1. The third kappa shape index (κ3) is 5.48. The summed E-state index contributed by atoms with van der Waals surface area (Å²) in [6.45, 7) is 6.11. The van der Waals surface area contributed by atoms with Gasteiger partial charge in [0.05, 0.1) is 25.1 Å². The highest BCUT2D eigenvalue weighted by molar-refractivity contribution is 6.32. The van der Waals surface area contributed by atoms with Crippen LogP contribution in [0.25, 0.3) is 0 Å². The quantitative estimate of drug-likeness (QED) is 0.674. The molecule has 0 spiro atoms. The number of aliphatic hydroxyl groups excluding tert-OH is 1. The van der Waals surface area contributed by atoms with Crippen LogP contribution in [-0.2, 0) is 11.3 Å². The SMILES string of the molecule is CC(C)Cn1ncc(NCCCOCCO)c(Cl)c1=O. The van der Waals surface area contributed by atoms with E-state index in [2.05, 4.69) is 10.4 Å². The van der Waals surface area contributed by atoms with Crippen LogP contribution in [0.2, 0.25) is 5.02 Å². The van der Waals surface area contributed by atoms with Gasteiger partial charge in [-0.1, -0.05) is 25.4 Å². The highest BCUT2D eigenvalue weighted by Crippen LogP contribution is 2.15. The molecule has 1 heterocycles. The maximum Gasteiger partial charge on any atom is 0.287 e. The van der Waals surface area contributed by atoms with Gasteiger partial charge < -0.3 is 15.2 Å². The Morgan fingerprint density at radius 1 is 1.50 bits per heavy atom. The third-order valence-corrected chi connectivity index (χ3v) is 2.90. The van der Waals surface area contributed by atoms with Gasteiger partial charge in [-0.2, -0.15) is 5.10 Å². The number of ether oxygens (including phenoxy) is 1. The molecule has 0 fully saturated rings. The van der Waals surface area contributed by atoms with Crippen molar-refractivity contribution in [2.75, 3.05) is 31.7 Å². The predicted molar refractivity (Wildman–Crippen MR) is 79.4 cm³/mol. The van der Waals surface area contributed by atoms with E-state index in [0.29, 0.717) is 37.9 Å². The van der Waals surface area contributed by atoms with Crippen molar-refractivity contribution in [3.05, 3.63) is 21.6 Å². The number of hydrogen-bond donors (Lipinski definition) is 2. The molecule has 1 rings (SSSR count). The molecule has 0 radical (unpaired) electrons. The lowest BCUT2D eigenvalue weighted by Gasteiger charge is -2.11. The largest absolute Gasteiger partial charge is 0.394 e. The fourth-order valence-electron chi connectivity index (χ4n) is 1.63. The monoisotopic (exact) mass is 303 g/mol. The minimum Gasteiger partial charge on any atom is -0.394 e. The molecule has 0 aromatic carbocycles. The molecular weight excluding hydrogens is 282 g/mol. The second kappa shape index (κ2) is 8.94. The molecule has 6 nitrogen and oxygen atoms in total. The van der Waals surface area contributed by atoms with Crippen molar-refractivity contribution in [2.45, 2.75) is 26.8 Å². The topological polar surface area (TPSA) is 76.4 Å². The van der Waals surface area contributed by atoms with E-state index < -0.39 is 0 Å². The second-order valence-corrected chi connectivity index (χ2v) is 5.25. The Balaban J connectivity index is 2.51. The fourth-order valence-corrected chi connectivity index (χ4v) is 1.84. The molecule has 0 bridgehead atoms. The van der Waals surface area contributed by atoms with E-state index in [1.54, 1.807) is 6.20 Å². The van der Waals surface area contributed by atoms with Crippen LogP contribution in [-0.4, -0.2) is 41.3 Å². The van der Waals surface area contributed by atoms with Crippen molar-refractivity contribution in [3.8, 4) is 0 Å². The Bertz CT molecular complexity index is 463. The Labute approximate surface area is 123 Å². The van der Waals surface area contributed by atoms with Gasteiger partial charge in [0.2, 0.25) is 0 Å². The predicted octanol–water partition coefficient (Wildman–Crippen LogP) is 1.36. The first-order chi connectivity index (χ1) is 9.56. The first-order valence-electron chi connectivity index (χ1n) is 6.74. The standard InChI is InChI=1S/C13H22ClN3O3/c1-10(2)9-17-13(19)12(14)11(8-16-17)15-4-3-6-20-7-5-18/h8,10,15,18H,3-7,9H2,1-2H3. The van der Waals surface area contributed by atoms with Crippen molar-refractivity contribution in [1.29, 1.82) is 0 Å². The van der Waals surface area contributed by atoms with Crippen molar-refractivity contribution >= 4 is 17.3 Å². The summed E-state index contributed by atoms with van der Waals surface area (Å²) in [7, 11) is 0. The van der Waals surface area contributed by atoms with Crippen LogP contribution in [0, 0.1) is 5.92 Å². The molecule has 0 amide bonds. The molecule has 114 valence electrons. The Kier molecular flexibility index (Phi) is 7.58. The molecular formula is C13H22ClN3O3. The van der Waals surface area contributed by atoms with Gasteiger partial charge in [-0.15, -0.1) is 0 Å². The van der Waals surface area contributed by atoms with Gasteiger partial charge in [-0.05, 0) is 12.3 Å². The van der Waals surface area contributed by atoms with E-state index in [9.17, 15) is 4.79 Å². The van der Waals surface area contributed by atoms with Crippen LogP contribution in [0.15, 0.2) is 11.0 Å². The molecule has 0 saturated heterocycles. The lowest BCUT2D eigenvalue weighted by molar-refractivity contribution is 0.0922. The molecule has 2 N–H and O–H groups in total. The number of nitrogens with zero attached hydrogens (tertiary/aromatic N) is 2. The molecule has 0 aliphatic carbocycles. The lowest BCUT2D eigenvalue weighted by atomic mass is 10.2. The van der Waals surface area contributed by atoms with E-state index >= 15 is 0 Å². The molecule has 0 atom stereocenters. The smallest absolute Gasteiger partial charge is 0.287 e. The number of aliphatic hydroxyl groups is 1. The number of rotatable bonds is 9. The number of aromatic nitrogens is 2. The first-order valence-corrected chi connectivity index (χ1v) is 7.12. The number of hydrogen-bond acceptors (Lipinski definition) is 5. The maximum absolute atomic E-state index is 12.0. The summed E-state index contributed by atoms with van der Waals surface area (Å²) in [6, 6.07) is 0. The molecule has 0 unspecified atom stereocenters. The van der Waals surface area contributed by atoms with Crippen LogP contribution in [0.1, 0.15) is 20.3 Å². The summed E-state index contributed by atoms with van der Waals surface area (Å²) in [6.07, 6.45) is 2.33. The molecule has 1 aromatic rings. The normalized spacial score (nSPS) is 11.1. The van der Waals surface area contributed by atoms with Gasteiger partial charge in [0.1, 0.15) is 5.02 Å². The highest BCUT2D eigenvalue weighted by atomic mass is 35.5. The average molecular weight is 304 g/mol. The third-order valence-electron chi connectivity index (χ3n) is 2.54. The minimum atomic E-state index is -0.276. The van der Waals surface area contributed by atoms with Crippen LogP contribution >= 0.6 is 11.6 Å². The summed E-state index contributed by atoms with van der Waals surface area (Å²) in [5, 5.41) is 15.9. The van der Waals surface area contributed by atoms with Crippen molar-refractivity contribution < 1.29 is 9.84 Å². The Morgan fingerprint density at radius 2 is 2.25 bits per heavy atom. The molecule has 7 heteroatoms. The van der Waals surface area contributed by atoms with E-state index in [1.807, 2.05) is 13.8 Å². The highest BCUT2D eigenvalue weighted by Gasteiger charge is 2.09. The van der Waals surface area contributed by atoms with Crippen molar-refractivity contribution in [2.24, 2.45) is 5.92 Å². The van der Waals surface area contributed by atoms with E-state index in [1.165, 1.54) is 4.68 Å². The fraction of sp³-hybridized carbons (Fsp3) is 0.692. The minimum absolute atomic E-state index is 0.0251. The average Bonchev–Trinajstić information content (AvgIpc) is 2.41. The van der Waals surface area contributed by atoms with Gasteiger partial charge in [0.15, 0.2) is 0 Å². The summed E-state index contributed by atoms with van der Waals surface area (Å²) < 4.78 is 6.51. The van der Waals surface area contributed by atoms with Crippen molar-refractivity contribution in [3.63, 3.8) is 0 Å². The van der Waals surface area contributed by atoms with Gasteiger partial charge in [0, 0.05) is 19.7 Å². The number of anilines is 1. The second-order valence-electron chi connectivity index (χ2n) is 4.87. The van der Waals surface area contributed by atoms with Gasteiger partial charge in [-0.3, -0.25) is 4.79 Å². The molecule has 0 aliphatic rings. The molecule has 20 heavy (non-hydrogen) atoms. The van der Waals surface area contributed by atoms with Crippen LogP contribution in [0.4, 0.5) is 5.69 Å². The van der Waals surface area contributed by atoms with E-state index in [4.69, 9.17) is 21.4 Å². The van der Waals surface area contributed by atoms with Crippen LogP contribution < -0.4 is 10.9 Å². The lowest BCUT2D eigenvalue weighted by Crippen LogP contribution is -2.26. The van der Waals surface area contributed by atoms with Gasteiger partial charge in [-0.25, -0.2) is 4.68 Å². The van der Waals surface area contributed by atoms with E-state index in [0.717, 1.165) is 6.42 Å². The first kappa shape index (κ1) is 16.9.